The molecule has 1 fully saturated rings. The Morgan fingerprint density at radius 3 is 2.66 bits per heavy atom. The molecule has 2 aromatic carbocycles. The van der Waals surface area contributed by atoms with Gasteiger partial charge in [0.15, 0.2) is 11.5 Å². The minimum Gasteiger partial charge on any atom is -0.493 e. The number of imide groups is 1. The van der Waals surface area contributed by atoms with Crippen LogP contribution >= 0.6 is 39.3 Å². The second-order valence-corrected chi connectivity index (χ2v) is 8.21. The van der Waals surface area contributed by atoms with Crippen LogP contribution in [-0.4, -0.2) is 29.8 Å². The second-order valence-electron chi connectivity index (χ2n) is 5.92. The average molecular weight is 493 g/mol. The van der Waals surface area contributed by atoms with Crippen LogP contribution in [-0.2, 0) is 11.3 Å². The lowest BCUT2D eigenvalue weighted by Crippen LogP contribution is -2.27. The van der Waals surface area contributed by atoms with Crippen molar-refractivity contribution in [1.82, 2.24) is 4.90 Å². The van der Waals surface area contributed by atoms with Crippen molar-refractivity contribution in [1.29, 1.82) is 0 Å². The summed E-state index contributed by atoms with van der Waals surface area (Å²) in [5, 5.41) is 0.271. The minimum absolute atomic E-state index is 0.0951. The first kappa shape index (κ1) is 21.3. The number of terminal acetylenes is 1. The zero-order valence-electron chi connectivity index (χ0n) is 15.3. The molecule has 1 aliphatic rings. The molecule has 0 radical (unpaired) electrons. The molecule has 0 atom stereocenters. The third kappa shape index (κ3) is 4.96. The van der Waals surface area contributed by atoms with Crippen molar-refractivity contribution in [3.8, 4) is 23.8 Å². The van der Waals surface area contributed by atoms with Gasteiger partial charge in [-0.1, -0.05) is 29.7 Å². The highest BCUT2D eigenvalue weighted by molar-refractivity contribution is 9.10. The van der Waals surface area contributed by atoms with E-state index in [2.05, 4.69) is 21.9 Å². The van der Waals surface area contributed by atoms with Gasteiger partial charge in [-0.25, -0.2) is 0 Å². The van der Waals surface area contributed by atoms with Gasteiger partial charge < -0.3 is 9.47 Å². The fraction of sp³-hybridized carbons (Fsp3) is 0.143. The van der Waals surface area contributed by atoms with Crippen molar-refractivity contribution in [2.75, 3.05) is 13.7 Å². The minimum atomic E-state index is -0.349. The van der Waals surface area contributed by atoms with E-state index in [4.69, 9.17) is 27.5 Å². The Hall–Kier alpha value is -2.40. The lowest BCUT2D eigenvalue weighted by atomic mass is 10.1. The molecule has 0 unspecified atom stereocenters. The number of ether oxygens (including phenoxy) is 2. The number of amides is 2. The largest absolute Gasteiger partial charge is 0.493 e. The van der Waals surface area contributed by atoms with Gasteiger partial charge in [-0.2, -0.15) is 0 Å². The van der Waals surface area contributed by atoms with Crippen molar-refractivity contribution in [2.45, 2.75) is 6.54 Å². The fourth-order valence-electron chi connectivity index (χ4n) is 2.64. The number of halogens is 2. The summed E-state index contributed by atoms with van der Waals surface area (Å²) >= 11 is 10.2. The number of hydrogen-bond donors (Lipinski definition) is 0. The van der Waals surface area contributed by atoms with Gasteiger partial charge in [0.2, 0.25) is 0 Å². The number of carbonyl (C=O) groups excluding carboxylic acids is 2. The Morgan fingerprint density at radius 1 is 1.28 bits per heavy atom. The van der Waals surface area contributed by atoms with Gasteiger partial charge in [0.1, 0.15) is 6.61 Å². The molecule has 0 aliphatic carbocycles. The first-order valence-electron chi connectivity index (χ1n) is 8.36. The number of rotatable bonds is 6. The number of carbonyl (C=O) groups is 2. The number of thioether (sulfide) groups is 1. The summed E-state index contributed by atoms with van der Waals surface area (Å²) in [5.41, 5.74) is 1.50. The SMILES string of the molecule is C#CCOc1c(Br)cc(/C=C2\SC(=O)N(Cc3ccc(Cl)cc3)C2=O)cc1OC. The van der Waals surface area contributed by atoms with Gasteiger partial charge in [-0.15, -0.1) is 6.42 Å². The maximum atomic E-state index is 12.7. The smallest absolute Gasteiger partial charge is 0.293 e. The molecule has 0 saturated carbocycles. The number of nitrogens with zero attached hydrogens (tertiary/aromatic N) is 1. The van der Waals surface area contributed by atoms with E-state index in [0.29, 0.717) is 31.5 Å². The Labute approximate surface area is 186 Å². The van der Waals surface area contributed by atoms with Gasteiger partial charge in [0.25, 0.3) is 11.1 Å². The Kier molecular flexibility index (Phi) is 6.91. The van der Waals surface area contributed by atoms with Crippen LogP contribution in [0.3, 0.4) is 0 Å². The quantitative estimate of drug-likeness (QED) is 0.401. The number of methoxy groups -OCH3 is 1. The van der Waals surface area contributed by atoms with Crippen molar-refractivity contribution >= 4 is 56.5 Å². The Balaban J connectivity index is 1.84. The summed E-state index contributed by atoms with van der Waals surface area (Å²) < 4.78 is 11.5. The molecule has 0 N–H and O–H groups in total. The first-order chi connectivity index (χ1) is 13.9. The van der Waals surface area contributed by atoms with E-state index in [9.17, 15) is 9.59 Å². The van der Waals surface area contributed by atoms with E-state index < -0.39 is 0 Å². The molecule has 1 aliphatic heterocycles. The zero-order valence-corrected chi connectivity index (χ0v) is 18.4. The van der Waals surface area contributed by atoms with Gasteiger partial charge in [-0.05, 0) is 69.2 Å². The molecule has 3 rings (SSSR count). The standard InChI is InChI=1S/C21H15BrClNO4S/c1-3-8-28-19-16(22)9-14(10-17(19)27-2)11-18-20(25)24(21(26)29-18)12-13-4-6-15(23)7-5-13/h1,4-7,9-11H,8,12H2,2H3/b18-11-. The monoisotopic (exact) mass is 491 g/mol. The van der Waals surface area contributed by atoms with E-state index in [1.807, 2.05) is 0 Å². The first-order valence-corrected chi connectivity index (χ1v) is 10.3. The van der Waals surface area contributed by atoms with E-state index in [1.54, 1.807) is 42.5 Å². The Bertz CT molecular complexity index is 1030. The summed E-state index contributed by atoms with van der Waals surface area (Å²) in [6.07, 6.45) is 6.88. The van der Waals surface area contributed by atoms with Crippen LogP contribution in [0.25, 0.3) is 6.08 Å². The van der Waals surface area contributed by atoms with Crippen molar-refractivity contribution < 1.29 is 19.1 Å². The van der Waals surface area contributed by atoms with E-state index in [1.165, 1.54) is 12.0 Å². The molecule has 1 saturated heterocycles. The van der Waals surface area contributed by atoms with Crippen LogP contribution in [0, 0.1) is 12.3 Å². The van der Waals surface area contributed by atoms with Crippen molar-refractivity contribution in [2.24, 2.45) is 0 Å². The van der Waals surface area contributed by atoms with Crippen molar-refractivity contribution in [3.05, 3.63) is 61.9 Å². The molecule has 2 amide bonds. The molecular weight excluding hydrogens is 478 g/mol. The summed E-state index contributed by atoms with van der Waals surface area (Å²) in [6.45, 7) is 0.281. The highest BCUT2D eigenvalue weighted by atomic mass is 79.9. The third-order valence-corrected chi connectivity index (χ3v) is 5.73. The predicted octanol–water partition coefficient (Wildman–Crippen LogP) is 5.36. The van der Waals surface area contributed by atoms with Crippen LogP contribution in [0.2, 0.25) is 5.02 Å². The molecule has 148 valence electrons. The molecule has 0 bridgehead atoms. The topological polar surface area (TPSA) is 55.8 Å². The van der Waals surface area contributed by atoms with Gasteiger partial charge >= 0.3 is 0 Å². The normalized spacial score (nSPS) is 15.0. The second kappa shape index (κ2) is 9.40. The zero-order chi connectivity index (χ0) is 21.0. The van der Waals surface area contributed by atoms with Crippen LogP contribution in [0.5, 0.6) is 11.5 Å². The van der Waals surface area contributed by atoms with Crippen LogP contribution in [0.4, 0.5) is 4.79 Å². The van der Waals surface area contributed by atoms with Crippen LogP contribution in [0.15, 0.2) is 45.8 Å². The van der Waals surface area contributed by atoms with E-state index >= 15 is 0 Å². The highest BCUT2D eigenvalue weighted by Gasteiger charge is 2.35. The highest BCUT2D eigenvalue weighted by Crippen LogP contribution is 2.39. The van der Waals surface area contributed by atoms with Crippen molar-refractivity contribution in [3.63, 3.8) is 0 Å². The third-order valence-electron chi connectivity index (χ3n) is 3.98. The fourth-order valence-corrected chi connectivity index (χ4v) is 4.18. The summed E-state index contributed by atoms with van der Waals surface area (Å²) in [7, 11) is 1.51. The van der Waals surface area contributed by atoms with Gasteiger partial charge in [0.05, 0.1) is 23.0 Å². The molecule has 0 aromatic heterocycles. The molecule has 0 spiro atoms. The van der Waals surface area contributed by atoms with Gasteiger partial charge in [0, 0.05) is 5.02 Å². The molecule has 1 heterocycles. The summed E-state index contributed by atoms with van der Waals surface area (Å²) in [6, 6.07) is 10.5. The predicted molar refractivity (Wildman–Crippen MR) is 118 cm³/mol. The average Bonchev–Trinajstić information content (AvgIpc) is 2.95. The molecule has 8 heteroatoms. The summed E-state index contributed by atoms with van der Waals surface area (Å²) in [4.78, 5) is 26.6. The maximum absolute atomic E-state index is 12.7. The molecule has 2 aromatic rings. The van der Waals surface area contributed by atoms with Gasteiger partial charge in [-0.3, -0.25) is 14.5 Å². The van der Waals surface area contributed by atoms with E-state index in [0.717, 1.165) is 17.3 Å². The maximum Gasteiger partial charge on any atom is 0.293 e. The Morgan fingerprint density at radius 2 is 2.00 bits per heavy atom. The van der Waals surface area contributed by atoms with Crippen LogP contribution in [0.1, 0.15) is 11.1 Å². The number of benzene rings is 2. The molecule has 5 nitrogen and oxygen atoms in total. The van der Waals surface area contributed by atoms with E-state index in [-0.39, 0.29) is 24.3 Å². The lowest BCUT2D eigenvalue weighted by Gasteiger charge is -2.13. The molecule has 29 heavy (non-hydrogen) atoms. The number of hydrogen-bond acceptors (Lipinski definition) is 5. The lowest BCUT2D eigenvalue weighted by molar-refractivity contribution is -0.123. The summed E-state index contributed by atoms with van der Waals surface area (Å²) in [5.74, 6) is 2.98. The molecular formula is C21H15BrClNO4S. The van der Waals surface area contributed by atoms with Crippen LogP contribution < -0.4 is 9.47 Å².